The summed E-state index contributed by atoms with van der Waals surface area (Å²) in [5.74, 6) is 1.99. The molecule has 0 saturated carbocycles. The molecule has 0 aliphatic carbocycles. The highest BCUT2D eigenvalue weighted by atomic mass is 79.9. The van der Waals surface area contributed by atoms with E-state index in [0.717, 1.165) is 20.1 Å². The zero-order chi connectivity index (χ0) is 17.1. The van der Waals surface area contributed by atoms with Crippen molar-refractivity contribution in [1.82, 2.24) is 9.97 Å². The second-order valence-corrected chi connectivity index (χ2v) is 6.11. The Kier molecular flexibility index (Phi) is 5.53. The Morgan fingerprint density at radius 1 is 0.957 bits per heavy atom. The van der Waals surface area contributed by atoms with Crippen LogP contribution >= 0.6 is 31.9 Å². The third kappa shape index (κ3) is 3.30. The van der Waals surface area contributed by atoms with Gasteiger partial charge in [-0.1, -0.05) is 0 Å². The molecule has 2 rings (SSSR count). The van der Waals surface area contributed by atoms with Crippen molar-refractivity contribution in [3.8, 4) is 17.2 Å². The lowest BCUT2D eigenvalue weighted by molar-refractivity contribution is 0.321. The van der Waals surface area contributed by atoms with E-state index in [1.165, 1.54) is 0 Å². The van der Waals surface area contributed by atoms with E-state index >= 15 is 0 Å². The molecule has 0 amide bonds. The molecule has 7 nitrogen and oxygen atoms in total. The molecule has 2 aromatic rings. The molecule has 0 aliphatic rings. The number of hydrogen-bond donors (Lipinski definition) is 2. The fourth-order valence-corrected chi connectivity index (χ4v) is 3.77. The maximum absolute atomic E-state index is 5.92. The number of rotatable bonds is 5. The summed E-state index contributed by atoms with van der Waals surface area (Å²) in [6.45, 7) is 0. The van der Waals surface area contributed by atoms with Crippen molar-refractivity contribution in [3.63, 3.8) is 0 Å². The molecule has 0 bridgehead atoms. The smallest absolute Gasteiger partial charge is 0.221 e. The molecule has 0 spiro atoms. The Morgan fingerprint density at radius 2 is 1.48 bits per heavy atom. The Morgan fingerprint density at radius 3 is 1.91 bits per heavy atom. The second kappa shape index (κ2) is 7.22. The minimum Gasteiger partial charge on any atom is -0.492 e. The first-order chi connectivity index (χ1) is 10.9. The second-order valence-electron chi connectivity index (χ2n) is 4.52. The van der Waals surface area contributed by atoms with Crippen LogP contribution in [0.15, 0.2) is 15.1 Å². The van der Waals surface area contributed by atoms with Gasteiger partial charge >= 0.3 is 0 Å². The predicted molar refractivity (Wildman–Crippen MR) is 95.2 cm³/mol. The zero-order valence-corrected chi connectivity index (χ0v) is 16.0. The van der Waals surface area contributed by atoms with Crippen LogP contribution in [0.4, 0.5) is 11.8 Å². The monoisotopic (exact) mass is 446 g/mol. The van der Waals surface area contributed by atoms with E-state index in [9.17, 15) is 0 Å². The van der Waals surface area contributed by atoms with E-state index < -0.39 is 0 Å². The average Bonchev–Trinajstić information content (AvgIpc) is 2.52. The number of nitrogens with two attached hydrogens (primary N) is 2. The fourth-order valence-electron chi connectivity index (χ4n) is 2.14. The van der Waals surface area contributed by atoms with Gasteiger partial charge in [-0.05, 0) is 37.4 Å². The quantitative estimate of drug-likeness (QED) is 0.725. The van der Waals surface area contributed by atoms with Gasteiger partial charge in [0.25, 0.3) is 0 Å². The van der Waals surface area contributed by atoms with Gasteiger partial charge in [-0.15, -0.1) is 0 Å². The van der Waals surface area contributed by atoms with E-state index in [0.29, 0.717) is 29.5 Å². The van der Waals surface area contributed by atoms with Gasteiger partial charge in [0.05, 0.1) is 30.3 Å². The highest BCUT2D eigenvalue weighted by Crippen LogP contribution is 2.50. The van der Waals surface area contributed by atoms with Gasteiger partial charge in [-0.25, -0.2) is 4.98 Å². The summed E-state index contributed by atoms with van der Waals surface area (Å²) in [4.78, 5) is 7.96. The van der Waals surface area contributed by atoms with E-state index in [1.807, 2.05) is 0 Å². The highest BCUT2D eigenvalue weighted by molar-refractivity contribution is 9.11. The fraction of sp³-hybridized carbons (Fsp3) is 0.286. The lowest BCUT2D eigenvalue weighted by Crippen LogP contribution is -2.06. The summed E-state index contributed by atoms with van der Waals surface area (Å²) in [7, 11) is 4.66. The van der Waals surface area contributed by atoms with E-state index in [-0.39, 0.29) is 5.95 Å². The molecule has 0 saturated heterocycles. The van der Waals surface area contributed by atoms with Gasteiger partial charge in [0, 0.05) is 18.2 Å². The van der Waals surface area contributed by atoms with Gasteiger partial charge in [-0.3, -0.25) is 0 Å². The van der Waals surface area contributed by atoms with Crippen molar-refractivity contribution in [2.45, 2.75) is 6.42 Å². The number of anilines is 2. The average molecular weight is 448 g/mol. The molecule has 0 atom stereocenters. The van der Waals surface area contributed by atoms with Crippen LogP contribution in [-0.2, 0) is 6.42 Å². The Balaban J connectivity index is 2.62. The molecule has 0 fully saturated rings. The zero-order valence-electron chi connectivity index (χ0n) is 12.8. The molecular weight excluding hydrogens is 432 g/mol. The van der Waals surface area contributed by atoms with Crippen molar-refractivity contribution < 1.29 is 14.2 Å². The Labute approximate surface area is 150 Å². The van der Waals surface area contributed by atoms with Crippen molar-refractivity contribution in [2.24, 2.45) is 0 Å². The van der Waals surface area contributed by atoms with Gasteiger partial charge in [0.1, 0.15) is 5.82 Å². The van der Waals surface area contributed by atoms with Crippen LogP contribution in [0, 0.1) is 0 Å². The molecule has 4 N–H and O–H groups in total. The minimum atomic E-state index is 0.134. The van der Waals surface area contributed by atoms with E-state index in [1.54, 1.807) is 27.5 Å². The van der Waals surface area contributed by atoms with Crippen LogP contribution in [0.25, 0.3) is 0 Å². The number of halogens is 2. The first-order valence-electron chi connectivity index (χ1n) is 6.47. The molecule has 1 aromatic carbocycles. The summed E-state index contributed by atoms with van der Waals surface area (Å²) >= 11 is 7.09. The van der Waals surface area contributed by atoms with Crippen LogP contribution in [-0.4, -0.2) is 31.3 Å². The van der Waals surface area contributed by atoms with Crippen molar-refractivity contribution in [1.29, 1.82) is 0 Å². The predicted octanol–water partition coefficient (Wildman–Crippen LogP) is 2.78. The topological polar surface area (TPSA) is 106 Å². The van der Waals surface area contributed by atoms with Crippen LogP contribution in [0.3, 0.4) is 0 Å². The van der Waals surface area contributed by atoms with Crippen LogP contribution < -0.4 is 25.7 Å². The molecule has 124 valence electrons. The Bertz CT molecular complexity index is 709. The standard InChI is InChI=1S/C14H16Br2N4O3/c1-21-10-8(15)7(9(16)11(22-2)12(10)23-3)4-6-5-19-14(18)20-13(6)17/h5H,4H2,1-3H3,(H4,17,18,19,20). The Hall–Kier alpha value is -1.74. The maximum Gasteiger partial charge on any atom is 0.221 e. The number of ether oxygens (including phenoxy) is 3. The summed E-state index contributed by atoms with van der Waals surface area (Å²) in [6.07, 6.45) is 2.05. The highest BCUT2D eigenvalue weighted by Gasteiger charge is 2.24. The van der Waals surface area contributed by atoms with Crippen LogP contribution in [0.2, 0.25) is 0 Å². The maximum atomic E-state index is 5.92. The number of nitrogen functional groups attached to an aromatic ring is 2. The molecule has 1 aromatic heterocycles. The number of aromatic nitrogens is 2. The lowest BCUT2D eigenvalue weighted by atomic mass is 10.1. The van der Waals surface area contributed by atoms with Crippen molar-refractivity contribution in [2.75, 3.05) is 32.8 Å². The molecule has 0 aliphatic heterocycles. The summed E-state index contributed by atoms with van der Waals surface area (Å²) in [6, 6.07) is 0. The summed E-state index contributed by atoms with van der Waals surface area (Å²) in [5, 5.41) is 0. The number of methoxy groups -OCH3 is 3. The third-order valence-corrected chi connectivity index (χ3v) is 4.91. The molecule has 0 unspecified atom stereocenters. The summed E-state index contributed by atoms with van der Waals surface area (Å²) in [5.41, 5.74) is 13.0. The minimum absolute atomic E-state index is 0.134. The van der Waals surface area contributed by atoms with Gasteiger partial charge in [-0.2, -0.15) is 4.98 Å². The van der Waals surface area contributed by atoms with Gasteiger partial charge in [0.15, 0.2) is 11.5 Å². The van der Waals surface area contributed by atoms with Crippen LogP contribution in [0.5, 0.6) is 17.2 Å². The first-order valence-corrected chi connectivity index (χ1v) is 8.05. The van der Waals surface area contributed by atoms with E-state index in [4.69, 9.17) is 25.7 Å². The lowest BCUT2D eigenvalue weighted by Gasteiger charge is -2.19. The van der Waals surface area contributed by atoms with Gasteiger partial charge < -0.3 is 25.7 Å². The molecule has 1 heterocycles. The molecular formula is C14H16Br2N4O3. The number of nitrogens with zero attached hydrogens (tertiary/aromatic N) is 2. The van der Waals surface area contributed by atoms with Crippen molar-refractivity contribution >= 4 is 43.6 Å². The normalized spacial score (nSPS) is 10.5. The first kappa shape index (κ1) is 17.6. The van der Waals surface area contributed by atoms with Crippen LogP contribution in [0.1, 0.15) is 11.1 Å². The molecule has 0 radical (unpaired) electrons. The molecule has 9 heteroatoms. The SMILES string of the molecule is COc1c(Br)c(Cc2cnc(N)nc2N)c(Br)c(OC)c1OC. The van der Waals surface area contributed by atoms with Crippen molar-refractivity contribution in [3.05, 3.63) is 26.3 Å². The molecule has 23 heavy (non-hydrogen) atoms. The number of benzene rings is 1. The van der Waals surface area contributed by atoms with E-state index in [2.05, 4.69) is 41.8 Å². The van der Waals surface area contributed by atoms with Gasteiger partial charge in [0.2, 0.25) is 11.7 Å². The summed E-state index contributed by atoms with van der Waals surface area (Å²) < 4.78 is 17.7. The largest absolute Gasteiger partial charge is 0.492 e. The number of hydrogen-bond acceptors (Lipinski definition) is 7. The third-order valence-electron chi connectivity index (χ3n) is 3.24.